The van der Waals surface area contributed by atoms with Crippen LogP contribution >= 0.6 is 0 Å². The summed E-state index contributed by atoms with van der Waals surface area (Å²) in [7, 11) is -0.188. The molecule has 0 heterocycles. The number of guanidine groups is 1. The second kappa shape index (κ2) is 9.74. The van der Waals surface area contributed by atoms with Crippen LogP contribution in [0.1, 0.15) is 31.9 Å². The highest BCUT2D eigenvalue weighted by Gasteiger charge is 2.16. The molecule has 0 atom stereocenters. The number of hydrogen-bond acceptors (Lipinski definition) is 4. The number of benzene rings is 1. The zero-order chi connectivity index (χ0) is 18.9. The molecule has 7 nitrogen and oxygen atoms in total. The lowest BCUT2D eigenvalue weighted by atomic mass is 10.1. The van der Waals surface area contributed by atoms with Gasteiger partial charge < -0.3 is 15.4 Å². The molecule has 25 heavy (non-hydrogen) atoms. The van der Waals surface area contributed by atoms with Gasteiger partial charge in [-0.3, -0.25) is 0 Å². The molecule has 0 radical (unpaired) electrons. The van der Waals surface area contributed by atoms with Crippen molar-refractivity contribution in [2.75, 3.05) is 27.2 Å². The van der Waals surface area contributed by atoms with Crippen LogP contribution in [0.4, 0.5) is 0 Å². The Morgan fingerprint density at radius 1 is 1.24 bits per heavy atom. The van der Waals surface area contributed by atoms with E-state index in [0.717, 1.165) is 17.7 Å². The minimum Gasteiger partial charge on any atom is -0.377 e. The number of ether oxygens (including phenoxy) is 1. The summed E-state index contributed by atoms with van der Waals surface area (Å²) in [6.07, 6.45) is 0. The summed E-state index contributed by atoms with van der Waals surface area (Å²) < 4.78 is 31.1. The quantitative estimate of drug-likeness (QED) is 0.449. The van der Waals surface area contributed by atoms with Gasteiger partial charge in [-0.05, 0) is 38.9 Å². The predicted molar refractivity (Wildman–Crippen MR) is 102 cm³/mol. The van der Waals surface area contributed by atoms with Crippen molar-refractivity contribution in [1.29, 1.82) is 0 Å². The molecule has 0 aromatic heterocycles. The number of nitrogens with zero attached hydrogens (tertiary/aromatic N) is 1. The van der Waals surface area contributed by atoms with Gasteiger partial charge in [-0.1, -0.05) is 24.3 Å². The third kappa shape index (κ3) is 8.33. The average molecular weight is 371 g/mol. The Morgan fingerprint density at radius 2 is 1.92 bits per heavy atom. The van der Waals surface area contributed by atoms with Gasteiger partial charge in [0.2, 0.25) is 10.0 Å². The molecule has 0 saturated carbocycles. The standard InChI is InChI=1S/C17H30N4O3S/c1-6-19-16(21-13-17(2,3)24-5)20-11-14-8-7-9-15(10-14)12-25(22,23)18-4/h7-10,18H,6,11-13H2,1-5H3,(H2,19,20,21). The van der Waals surface area contributed by atoms with Crippen molar-refractivity contribution >= 4 is 16.0 Å². The fourth-order valence-electron chi connectivity index (χ4n) is 1.99. The molecule has 0 aliphatic carbocycles. The van der Waals surface area contributed by atoms with Crippen LogP contribution in [0.3, 0.4) is 0 Å². The lowest BCUT2D eigenvalue weighted by Gasteiger charge is -2.24. The Balaban J connectivity index is 2.79. The van der Waals surface area contributed by atoms with Gasteiger partial charge in [0, 0.05) is 20.2 Å². The van der Waals surface area contributed by atoms with E-state index in [0.29, 0.717) is 19.0 Å². The first kappa shape index (κ1) is 21.4. The predicted octanol–water partition coefficient (Wildman–Crippen LogP) is 1.22. The molecule has 0 amide bonds. The average Bonchev–Trinajstić information content (AvgIpc) is 2.57. The summed E-state index contributed by atoms with van der Waals surface area (Å²) in [5.41, 5.74) is 1.39. The molecule has 0 spiro atoms. The summed E-state index contributed by atoms with van der Waals surface area (Å²) >= 11 is 0. The summed E-state index contributed by atoms with van der Waals surface area (Å²) in [5, 5.41) is 6.44. The van der Waals surface area contributed by atoms with E-state index in [1.807, 2.05) is 39.0 Å². The molecule has 1 rings (SSSR count). The summed E-state index contributed by atoms with van der Waals surface area (Å²) in [5.74, 6) is 0.655. The molecule has 3 N–H and O–H groups in total. The normalized spacial score (nSPS) is 12.9. The Morgan fingerprint density at radius 3 is 2.52 bits per heavy atom. The van der Waals surface area contributed by atoms with E-state index in [4.69, 9.17) is 4.74 Å². The second-order valence-electron chi connectivity index (χ2n) is 6.30. The van der Waals surface area contributed by atoms with Gasteiger partial charge in [-0.2, -0.15) is 0 Å². The molecular weight excluding hydrogens is 340 g/mol. The Hall–Kier alpha value is -1.64. The zero-order valence-electron chi connectivity index (χ0n) is 15.7. The molecule has 1 aromatic rings. The van der Waals surface area contributed by atoms with Crippen LogP contribution in [-0.4, -0.2) is 47.2 Å². The van der Waals surface area contributed by atoms with Gasteiger partial charge in [0.25, 0.3) is 0 Å². The van der Waals surface area contributed by atoms with Crippen molar-refractivity contribution in [1.82, 2.24) is 15.4 Å². The summed E-state index contributed by atoms with van der Waals surface area (Å²) in [6, 6.07) is 7.44. The van der Waals surface area contributed by atoms with Crippen LogP contribution in [-0.2, 0) is 27.1 Å². The van der Waals surface area contributed by atoms with Gasteiger partial charge in [0.1, 0.15) is 0 Å². The Bertz CT molecular complexity index is 672. The van der Waals surface area contributed by atoms with Crippen molar-refractivity contribution in [2.24, 2.45) is 4.99 Å². The Labute approximate surface area is 151 Å². The van der Waals surface area contributed by atoms with Crippen molar-refractivity contribution in [2.45, 2.75) is 38.7 Å². The Kier molecular flexibility index (Phi) is 8.34. The highest BCUT2D eigenvalue weighted by atomic mass is 32.2. The fourth-order valence-corrected chi connectivity index (χ4v) is 2.75. The molecule has 0 aliphatic rings. The van der Waals surface area contributed by atoms with Crippen LogP contribution in [0.25, 0.3) is 0 Å². The molecule has 142 valence electrons. The van der Waals surface area contributed by atoms with E-state index < -0.39 is 10.0 Å². The van der Waals surface area contributed by atoms with E-state index in [2.05, 4.69) is 20.3 Å². The topological polar surface area (TPSA) is 91.8 Å². The van der Waals surface area contributed by atoms with Crippen LogP contribution in [0, 0.1) is 0 Å². The van der Waals surface area contributed by atoms with E-state index in [9.17, 15) is 8.42 Å². The van der Waals surface area contributed by atoms with Crippen molar-refractivity contribution in [3.8, 4) is 0 Å². The fraction of sp³-hybridized carbons (Fsp3) is 0.588. The largest absolute Gasteiger partial charge is 0.377 e. The van der Waals surface area contributed by atoms with Crippen molar-refractivity contribution in [3.05, 3.63) is 35.4 Å². The van der Waals surface area contributed by atoms with Crippen molar-refractivity contribution < 1.29 is 13.2 Å². The summed E-state index contributed by atoms with van der Waals surface area (Å²) in [4.78, 5) is 4.55. The SMILES string of the molecule is CCNC(=NCc1cccc(CS(=O)(=O)NC)c1)NCC(C)(C)OC. The lowest BCUT2D eigenvalue weighted by Crippen LogP contribution is -2.45. The van der Waals surface area contributed by atoms with E-state index in [1.165, 1.54) is 7.05 Å². The minimum absolute atomic E-state index is 0.0403. The van der Waals surface area contributed by atoms with Crippen LogP contribution in [0.15, 0.2) is 29.3 Å². The zero-order valence-corrected chi connectivity index (χ0v) is 16.5. The molecule has 0 aliphatic heterocycles. The van der Waals surface area contributed by atoms with Crippen LogP contribution in [0.2, 0.25) is 0 Å². The molecule has 8 heteroatoms. The van der Waals surface area contributed by atoms with Crippen LogP contribution in [0.5, 0.6) is 0 Å². The van der Waals surface area contributed by atoms with E-state index in [-0.39, 0.29) is 11.4 Å². The first-order valence-electron chi connectivity index (χ1n) is 8.27. The van der Waals surface area contributed by atoms with Crippen LogP contribution < -0.4 is 15.4 Å². The highest BCUT2D eigenvalue weighted by Crippen LogP contribution is 2.10. The maximum atomic E-state index is 11.7. The molecule has 0 saturated heterocycles. The first-order chi connectivity index (χ1) is 11.7. The summed E-state index contributed by atoms with van der Waals surface area (Å²) in [6.45, 7) is 7.82. The third-order valence-electron chi connectivity index (χ3n) is 3.66. The second-order valence-corrected chi connectivity index (χ2v) is 8.22. The molecule has 0 bridgehead atoms. The third-order valence-corrected chi connectivity index (χ3v) is 4.99. The maximum Gasteiger partial charge on any atom is 0.215 e. The first-order valence-corrected chi connectivity index (χ1v) is 9.93. The number of hydrogen-bond donors (Lipinski definition) is 3. The highest BCUT2D eigenvalue weighted by molar-refractivity contribution is 7.88. The number of methoxy groups -OCH3 is 1. The molecule has 1 aromatic carbocycles. The minimum atomic E-state index is -3.28. The van der Waals surface area contributed by atoms with Gasteiger partial charge in [-0.25, -0.2) is 18.1 Å². The molecule has 0 unspecified atom stereocenters. The monoisotopic (exact) mass is 370 g/mol. The lowest BCUT2D eigenvalue weighted by molar-refractivity contribution is 0.0268. The number of nitrogens with one attached hydrogen (secondary N) is 3. The number of rotatable bonds is 9. The van der Waals surface area contributed by atoms with Gasteiger partial charge >= 0.3 is 0 Å². The van der Waals surface area contributed by atoms with Gasteiger partial charge in [-0.15, -0.1) is 0 Å². The van der Waals surface area contributed by atoms with Gasteiger partial charge in [0.05, 0.1) is 17.9 Å². The van der Waals surface area contributed by atoms with E-state index in [1.54, 1.807) is 13.2 Å². The smallest absolute Gasteiger partial charge is 0.215 e. The van der Waals surface area contributed by atoms with Gasteiger partial charge in [0.15, 0.2) is 5.96 Å². The maximum absolute atomic E-state index is 11.7. The van der Waals surface area contributed by atoms with Crippen molar-refractivity contribution in [3.63, 3.8) is 0 Å². The molecule has 0 fully saturated rings. The van der Waals surface area contributed by atoms with E-state index >= 15 is 0 Å². The molecular formula is C17H30N4O3S. The number of aliphatic imine (C=N–C) groups is 1. The number of sulfonamides is 1.